The summed E-state index contributed by atoms with van der Waals surface area (Å²) in [5, 5.41) is 19.8. The lowest BCUT2D eigenvalue weighted by atomic mass is 9.85. The molecule has 0 heterocycles. The van der Waals surface area contributed by atoms with E-state index in [2.05, 4.69) is 45.0 Å². The van der Waals surface area contributed by atoms with E-state index in [1.165, 1.54) is 5.56 Å². The minimum atomic E-state index is -0.905. The summed E-state index contributed by atoms with van der Waals surface area (Å²) in [6.07, 6.45) is 0.694. The molecule has 0 spiro atoms. The molecule has 0 fully saturated rings. The molecular formula is C26H28O3S. The molecule has 0 unspecified atom stereocenters. The fourth-order valence-corrected chi connectivity index (χ4v) is 4.46. The second-order valence-electron chi connectivity index (χ2n) is 8.63. The van der Waals surface area contributed by atoms with Crippen LogP contribution in [0.5, 0.6) is 5.75 Å². The maximum Gasteiger partial charge on any atom is 0.335 e. The molecule has 0 atom stereocenters. The van der Waals surface area contributed by atoms with Crippen molar-refractivity contribution < 1.29 is 15.0 Å². The quantitative estimate of drug-likeness (QED) is 0.442. The number of phenols is 1. The molecule has 0 aromatic heterocycles. The lowest BCUT2D eigenvalue weighted by Gasteiger charge is -2.22. The predicted molar refractivity (Wildman–Crippen MR) is 124 cm³/mol. The van der Waals surface area contributed by atoms with Gasteiger partial charge < -0.3 is 10.2 Å². The van der Waals surface area contributed by atoms with Crippen LogP contribution in [-0.2, 0) is 17.6 Å². The van der Waals surface area contributed by atoms with E-state index in [-0.39, 0.29) is 5.41 Å². The van der Waals surface area contributed by atoms with E-state index < -0.39 is 5.97 Å². The molecule has 3 aromatic rings. The first-order valence-electron chi connectivity index (χ1n) is 10.0. The van der Waals surface area contributed by atoms with Crippen molar-refractivity contribution >= 4 is 17.7 Å². The second-order valence-corrected chi connectivity index (χ2v) is 9.64. The molecular weight excluding hydrogens is 392 g/mol. The topological polar surface area (TPSA) is 57.5 Å². The van der Waals surface area contributed by atoms with E-state index in [1.54, 1.807) is 30.0 Å². The average Bonchev–Trinajstić information content (AvgIpc) is 2.68. The normalized spacial score (nSPS) is 11.5. The first-order chi connectivity index (χ1) is 14.1. The molecule has 0 aliphatic heterocycles. The molecule has 0 aliphatic rings. The Bertz CT molecular complexity index is 1060. The Morgan fingerprint density at radius 3 is 2.23 bits per heavy atom. The number of carboxylic acids is 1. The van der Waals surface area contributed by atoms with Crippen molar-refractivity contribution in [1.29, 1.82) is 0 Å². The van der Waals surface area contributed by atoms with Gasteiger partial charge in [0.2, 0.25) is 0 Å². The molecule has 156 valence electrons. The Morgan fingerprint density at radius 2 is 1.57 bits per heavy atom. The monoisotopic (exact) mass is 420 g/mol. The van der Waals surface area contributed by atoms with Gasteiger partial charge in [0.15, 0.2) is 0 Å². The molecule has 0 saturated heterocycles. The van der Waals surface area contributed by atoms with Crippen LogP contribution < -0.4 is 0 Å². The first-order valence-corrected chi connectivity index (χ1v) is 11.0. The summed E-state index contributed by atoms with van der Waals surface area (Å²) < 4.78 is 0. The van der Waals surface area contributed by atoms with E-state index in [1.807, 2.05) is 25.1 Å². The van der Waals surface area contributed by atoms with Crippen molar-refractivity contribution in [1.82, 2.24) is 0 Å². The number of carbonyl (C=O) groups is 1. The zero-order valence-electron chi connectivity index (χ0n) is 17.9. The maximum absolute atomic E-state index is 11.2. The van der Waals surface area contributed by atoms with Crippen molar-refractivity contribution in [2.45, 2.75) is 50.2 Å². The first kappa shape index (κ1) is 22.0. The third-order valence-corrected chi connectivity index (χ3v) is 6.39. The summed E-state index contributed by atoms with van der Waals surface area (Å²) in [6.45, 7) is 8.28. The number of aromatic hydroxyl groups is 1. The van der Waals surface area contributed by atoms with Gasteiger partial charge in [-0.3, -0.25) is 0 Å². The number of thioether (sulfide) groups is 1. The number of aromatic carboxylic acids is 1. The summed E-state index contributed by atoms with van der Waals surface area (Å²) >= 11 is 1.72. The molecule has 3 nitrogen and oxygen atoms in total. The van der Waals surface area contributed by atoms with Crippen LogP contribution in [0.25, 0.3) is 0 Å². The molecule has 4 heteroatoms. The lowest BCUT2D eigenvalue weighted by molar-refractivity contribution is 0.0696. The number of hydrogen-bond acceptors (Lipinski definition) is 3. The summed E-state index contributed by atoms with van der Waals surface area (Å²) in [7, 11) is 0. The molecule has 30 heavy (non-hydrogen) atoms. The van der Waals surface area contributed by atoms with Crippen LogP contribution >= 0.6 is 11.8 Å². The molecule has 3 rings (SSSR count). The van der Waals surface area contributed by atoms with Crippen molar-refractivity contribution in [3.8, 4) is 5.75 Å². The Balaban J connectivity index is 1.73. The highest BCUT2D eigenvalue weighted by atomic mass is 32.2. The van der Waals surface area contributed by atoms with E-state index in [0.29, 0.717) is 17.7 Å². The third-order valence-electron chi connectivity index (χ3n) is 5.16. The smallest absolute Gasteiger partial charge is 0.335 e. The van der Waals surface area contributed by atoms with Gasteiger partial charge in [-0.15, -0.1) is 11.8 Å². The van der Waals surface area contributed by atoms with Gasteiger partial charge >= 0.3 is 5.97 Å². The van der Waals surface area contributed by atoms with Gasteiger partial charge in [-0.2, -0.15) is 0 Å². The zero-order chi connectivity index (χ0) is 21.9. The Labute approximate surface area is 182 Å². The molecule has 0 amide bonds. The van der Waals surface area contributed by atoms with E-state index in [9.17, 15) is 15.0 Å². The van der Waals surface area contributed by atoms with Gasteiger partial charge in [-0.05, 0) is 59.2 Å². The summed E-state index contributed by atoms with van der Waals surface area (Å²) in [5.74, 6) is 0.288. The largest absolute Gasteiger partial charge is 0.507 e. The third kappa shape index (κ3) is 5.25. The van der Waals surface area contributed by atoms with Crippen molar-refractivity contribution in [3.05, 3.63) is 94.0 Å². The van der Waals surface area contributed by atoms with Crippen LogP contribution in [0.4, 0.5) is 0 Å². The van der Waals surface area contributed by atoms with Gasteiger partial charge in [0.25, 0.3) is 0 Å². The number of carboxylic acid groups (broad SMARTS) is 1. The minimum absolute atomic E-state index is 0.0929. The van der Waals surface area contributed by atoms with E-state index in [4.69, 9.17) is 0 Å². The fraction of sp³-hybridized carbons (Fsp3) is 0.269. The average molecular weight is 421 g/mol. The van der Waals surface area contributed by atoms with E-state index in [0.717, 1.165) is 32.9 Å². The number of hydrogen-bond donors (Lipinski definition) is 2. The van der Waals surface area contributed by atoms with Crippen molar-refractivity contribution in [2.24, 2.45) is 0 Å². The number of phenolic OH excluding ortho intramolecular Hbond substituents is 1. The molecule has 0 saturated carbocycles. The van der Waals surface area contributed by atoms with Crippen molar-refractivity contribution in [2.75, 3.05) is 0 Å². The maximum atomic E-state index is 11.2. The number of benzene rings is 3. The molecule has 3 aromatic carbocycles. The molecule has 2 N–H and O–H groups in total. The highest BCUT2D eigenvalue weighted by Gasteiger charge is 2.20. The molecule has 0 aliphatic carbocycles. The SMILES string of the molecule is Cc1c(SCc2cccc(Cc3cccc(C(=O)O)c3)c2)ccc(C(C)(C)C)c1O. The van der Waals surface area contributed by atoms with Gasteiger partial charge in [-0.1, -0.05) is 63.2 Å². The summed E-state index contributed by atoms with van der Waals surface area (Å²) in [6, 6.07) is 19.6. The summed E-state index contributed by atoms with van der Waals surface area (Å²) in [4.78, 5) is 12.3. The predicted octanol–water partition coefficient (Wildman–Crippen LogP) is 6.58. The van der Waals surface area contributed by atoms with Gasteiger partial charge in [0.1, 0.15) is 5.75 Å². The number of rotatable bonds is 6. The standard InChI is InChI=1S/C26H28O3S/c1-17-23(12-11-22(24(17)27)26(2,3)4)30-16-20-9-5-7-18(14-20)13-19-8-6-10-21(15-19)25(28)29/h5-12,14-15,27H,13,16H2,1-4H3,(H,28,29). The van der Waals surface area contributed by atoms with Crippen LogP contribution in [0.15, 0.2) is 65.6 Å². The highest BCUT2D eigenvalue weighted by molar-refractivity contribution is 7.98. The summed E-state index contributed by atoms with van der Waals surface area (Å²) in [5.41, 5.74) is 5.45. The van der Waals surface area contributed by atoms with Crippen LogP contribution in [0.1, 0.15) is 58.9 Å². The molecule has 0 radical (unpaired) electrons. The Morgan fingerprint density at radius 1 is 0.933 bits per heavy atom. The van der Waals surface area contributed by atoms with Crippen LogP contribution in [-0.4, -0.2) is 16.2 Å². The van der Waals surface area contributed by atoms with Gasteiger partial charge in [-0.25, -0.2) is 4.79 Å². The molecule has 0 bridgehead atoms. The zero-order valence-corrected chi connectivity index (χ0v) is 18.7. The Hall–Kier alpha value is -2.72. The van der Waals surface area contributed by atoms with Crippen LogP contribution in [0, 0.1) is 6.92 Å². The van der Waals surface area contributed by atoms with Crippen LogP contribution in [0.2, 0.25) is 0 Å². The Kier molecular flexibility index (Phi) is 6.57. The van der Waals surface area contributed by atoms with Gasteiger partial charge in [0.05, 0.1) is 5.56 Å². The minimum Gasteiger partial charge on any atom is -0.507 e. The van der Waals surface area contributed by atoms with Crippen molar-refractivity contribution in [3.63, 3.8) is 0 Å². The van der Waals surface area contributed by atoms with Gasteiger partial charge in [0, 0.05) is 16.2 Å². The fourth-order valence-electron chi connectivity index (χ4n) is 3.48. The van der Waals surface area contributed by atoms with Crippen LogP contribution in [0.3, 0.4) is 0 Å². The highest BCUT2D eigenvalue weighted by Crippen LogP contribution is 2.38. The second kappa shape index (κ2) is 8.97. The lowest BCUT2D eigenvalue weighted by Crippen LogP contribution is -2.11. The van der Waals surface area contributed by atoms with E-state index >= 15 is 0 Å².